The smallest absolute Gasteiger partial charge is 0.338 e. The molecule has 2 aliphatic carbocycles. The molecule has 2 saturated carbocycles. The number of nitrogens with two attached hydrogens (primary N) is 1. The summed E-state index contributed by atoms with van der Waals surface area (Å²) >= 11 is 0. The van der Waals surface area contributed by atoms with Gasteiger partial charge in [-0.3, -0.25) is 4.99 Å². The molecule has 10 N–H and O–H groups in total. The lowest BCUT2D eigenvalue weighted by atomic mass is 9.78. The third kappa shape index (κ3) is 12.2. The number of nitrogens with one attached hydrogen (secondary N) is 2. The van der Waals surface area contributed by atoms with E-state index < -0.39 is 91.0 Å². The zero-order valence-corrected chi connectivity index (χ0v) is 34.2. The number of quaternary nitrogens is 1. The number of carboxylic acids is 1. The number of piperidine rings is 1. The van der Waals surface area contributed by atoms with Crippen LogP contribution in [0.5, 0.6) is 0 Å². The number of carboxylic acid groups (broad SMARTS) is 1. The molecule has 3 aliphatic heterocycles. The number of carbonyl (C=O) groups excluding carboxylic acids is 2. The standard InChI is InChI=1S/C41H66N4O14/c1-24(2)56-35-39(58-32(22-48)34(49)41(35,53)54)59-38-29(19-25-9-4-3-5-10-25)28(31(23-55-38)37(52)57-27-11-6-7-12-27)14-13-26-20-45(16-18-47)21-30(36(50)51)33(26)44-40(42)43-15-8-17-46/h13-14,19,23-24,26-30,32-35,38-39,46-49,53-54H,3-12,15-18,20-22H2,1-2H3,(H,50,51)(H3,42,43,44)/t26?,28-,29+,30?,32+,33?,34+,35+,38+,39-/m0/s1. The Hall–Kier alpha value is -3.17. The molecule has 18 nitrogen and oxygen atoms in total. The van der Waals surface area contributed by atoms with Crippen LogP contribution >= 0.6 is 0 Å². The Labute approximate surface area is 345 Å². The molecule has 59 heavy (non-hydrogen) atoms. The highest BCUT2D eigenvalue weighted by Crippen LogP contribution is 2.41. The molecule has 18 heteroatoms. The molecule has 0 amide bonds. The Morgan fingerprint density at radius 1 is 1.07 bits per heavy atom. The van der Waals surface area contributed by atoms with Gasteiger partial charge in [-0.05, 0) is 71.6 Å². The van der Waals surface area contributed by atoms with Gasteiger partial charge in [-0.25, -0.2) is 4.79 Å². The molecule has 0 aromatic heterocycles. The molecule has 11 atom stereocenters. The van der Waals surface area contributed by atoms with Gasteiger partial charge in [-0.1, -0.05) is 30.2 Å². The highest BCUT2D eigenvalue weighted by Gasteiger charge is 2.57. The molecule has 2 saturated heterocycles. The van der Waals surface area contributed by atoms with Gasteiger partial charge >= 0.3 is 5.97 Å². The van der Waals surface area contributed by atoms with Crippen LogP contribution in [0.4, 0.5) is 0 Å². The SMILES string of the molecule is CC(C)O[C@@H]1[C@H](O[C@H]2OC=C(C(=O)OC3CCCC3)[C@@H](C=CC3C[NH+](CCO)CC(C(=O)[O-])C3NC(N)=NCCCO)[C@H]2C=C2CCCCC2)O[C@H](CO)[C@@H](O)C1(O)O. The average molecular weight is 839 g/mol. The van der Waals surface area contributed by atoms with Crippen LogP contribution in [0.25, 0.3) is 0 Å². The highest BCUT2D eigenvalue weighted by atomic mass is 16.8. The predicted molar refractivity (Wildman–Crippen MR) is 208 cm³/mol. The summed E-state index contributed by atoms with van der Waals surface area (Å²) in [6.07, 6.45) is 6.40. The quantitative estimate of drug-likeness (QED) is 0.0183. The lowest BCUT2D eigenvalue weighted by Gasteiger charge is -2.48. The number of nitrogens with zero attached hydrogens (tertiary/aromatic N) is 1. The van der Waals surface area contributed by atoms with E-state index in [1.165, 1.54) is 6.26 Å². The second-order valence-electron chi connectivity index (χ2n) is 16.7. The van der Waals surface area contributed by atoms with Crippen molar-refractivity contribution in [3.05, 3.63) is 35.6 Å². The number of aliphatic carboxylic acids is 1. The monoisotopic (exact) mass is 838 g/mol. The number of ether oxygens (including phenoxy) is 5. The topological polar surface area (TPSA) is 280 Å². The predicted octanol–water partition coefficient (Wildman–Crippen LogP) is -2.51. The lowest BCUT2D eigenvalue weighted by Crippen LogP contribution is -3.16. The lowest BCUT2D eigenvalue weighted by molar-refractivity contribution is -0.911. The first kappa shape index (κ1) is 46.9. The van der Waals surface area contributed by atoms with Gasteiger partial charge < -0.3 is 80.2 Å². The number of rotatable bonds is 17. The fourth-order valence-corrected chi connectivity index (χ4v) is 8.89. The average Bonchev–Trinajstić information content (AvgIpc) is 3.71. The molecular formula is C41H66N4O14. The van der Waals surface area contributed by atoms with Crippen molar-refractivity contribution in [2.75, 3.05) is 46.0 Å². The number of hydrogen-bond acceptors (Lipinski definition) is 15. The van der Waals surface area contributed by atoms with E-state index in [4.69, 9.17) is 29.4 Å². The zero-order chi connectivity index (χ0) is 42.7. The van der Waals surface area contributed by atoms with Crippen molar-refractivity contribution in [2.24, 2.45) is 34.4 Å². The van der Waals surface area contributed by atoms with Crippen LogP contribution in [0.3, 0.4) is 0 Å². The number of aliphatic imine (C=N–C) groups is 1. The second-order valence-corrected chi connectivity index (χ2v) is 16.7. The van der Waals surface area contributed by atoms with Crippen LogP contribution in [0.15, 0.2) is 40.6 Å². The summed E-state index contributed by atoms with van der Waals surface area (Å²) in [5.41, 5.74) is 7.53. The Bertz CT molecular complexity index is 1490. The van der Waals surface area contributed by atoms with Crippen molar-refractivity contribution >= 4 is 17.9 Å². The van der Waals surface area contributed by atoms with Crippen LogP contribution in [-0.4, -0.2) is 149 Å². The van der Waals surface area contributed by atoms with Gasteiger partial charge in [0.1, 0.15) is 24.9 Å². The first-order valence-corrected chi connectivity index (χ1v) is 21.2. The third-order valence-electron chi connectivity index (χ3n) is 12.0. The third-order valence-corrected chi connectivity index (χ3v) is 12.0. The van der Waals surface area contributed by atoms with Crippen LogP contribution in [-0.2, 0) is 33.3 Å². The fourth-order valence-electron chi connectivity index (χ4n) is 8.89. The molecule has 4 fully saturated rings. The summed E-state index contributed by atoms with van der Waals surface area (Å²) in [5.74, 6) is -7.94. The van der Waals surface area contributed by atoms with Crippen LogP contribution in [0.1, 0.15) is 78.1 Å². The van der Waals surface area contributed by atoms with E-state index in [0.717, 1.165) is 68.3 Å². The van der Waals surface area contributed by atoms with Crippen molar-refractivity contribution in [1.29, 1.82) is 0 Å². The molecule has 334 valence electrons. The molecule has 5 rings (SSSR count). The van der Waals surface area contributed by atoms with Gasteiger partial charge in [0.25, 0.3) is 0 Å². The first-order valence-electron chi connectivity index (χ1n) is 21.2. The summed E-state index contributed by atoms with van der Waals surface area (Å²) in [6.45, 7) is 3.31. The maximum Gasteiger partial charge on any atom is 0.338 e. The van der Waals surface area contributed by atoms with Gasteiger partial charge in [0.05, 0.1) is 68.1 Å². The highest BCUT2D eigenvalue weighted by molar-refractivity contribution is 5.89. The fraction of sp³-hybridized carbons (Fsp3) is 0.780. The van der Waals surface area contributed by atoms with Gasteiger partial charge in [-0.15, -0.1) is 0 Å². The Balaban J connectivity index is 1.58. The first-order chi connectivity index (χ1) is 28.3. The molecule has 0 spiro atoms. The maximum absolute atomic E-state index is 14.1. The molecule has 4 unspecified atom stereocenters. The number of aliphatic hydroxyl groups is 6. The summed E-state index contributed by atoms with van der Waals surface area (Å²) in [4.78, 5) is 31.9. The van der Waals surface area contributed by atoms with Crippen LogP contribution in [0, 0.1) is 23.7 Å². The minimum Gasteiger partial charge on any atom is -0.550 e. The van der Waals surface area contributed by atoms with E-state index in [-0.39, 0.29) is 50.5 Å². The summed E-state index contributed by atoms with van der Waals surface area (Å²) in [6, 6.07) is -0.801. The summed E-state index contributed by atoms with van der Waals surface area (Å²) < 4.78 is 30.5. The molecule has 0 bridgehead atoms. The minimum absolute atomic E-state index is 0.000305. The van der Waals surface area contributed by atoms with E-state index in [2.05, 4.69) is 10.3 Å². The molecule has 3 heterocycles. The van der Waals surface area contributed by atoms with E-state index in [1.54, 1.807) is 13.8 Å². The van der Waals surface area contributed by atoms with Gasteiger partial charge in [0.2, 0.25) is 12.1 Å². The number of carbonyl (C=O) groups is 2. The van der Waals surface area contributed by atoms with Crippen LogP contribution < -0.4 is 21.1 Å². The molecule has 0 radical (unpaired) electrons. The van der Waals surface area contributed by atoms with Crippen molar-refractivity contribution in [1.82, 2.24) is 5.32 Å². The number of esters is 1. The number of aliphatic hydroxyl groups excluding tert-OH is 4. The number of guanidine groups is 1. The van der Waals surface area contributed by atoms with Crippen molar-refractivity contribution < 1.29 is 73.9 Å². The molecular weight excluding hydrogens is 772 g/mol. The molecule has 0 aromatic carbocycles. The number of allylic oxidation sites excluding steroid dienone is 2. The Morgan fingerprint density at radius 2 is 1.80 bits per heavy atom. The minimum atomic E-state index is -2.90. The van der Waals surface area contributed by atoms with E-state index in [1.807, 2.05) is 18.2 Å². The number of likely N-dealkylation sites (tertiary alicyclic amines) is 1. The molecule has 5 aliphatic rings. The molecule has 0 aromatic rings. The second kappa shape index (κ2) is 22.1. The van der Waals surface area contributed by atoms with Gasteiger partial charge in [0, 0.05) is 25.0 Å². The van der Waals surface area contributed by atoms with Crippen molar-refractivity contribution in [3.8, 4) is 0 Å². The normalized spacial score (nSPS) is 34.4. The largest absolute Gasteiger partial charge is 0.550 e. The Morgan fingerprint density at radius 3 is 2.44 bits per heavy atom. The Kier molecular flexibility index (Phi) is 17.5. The van der Waals surface area contributed by atoms with Crippen LogP contribution in [0.2, 0.25) is 0 Å². The van der Waals surface area contributed by atoms with Gasteiger partial charge in [-0.2, -0.15) is 0 Å². The summed E-state index contributed by atoms with van der Waals surface area (Å²) in [5, 5.41) is 77.9. The zero-order valence-electron chi connectivity index (χ0n) is 34.2. The van der Waals surface area contributed by atoms with E-state index >= 15 is 0 Å². The summed E-state index contributed by atoms with van der Waals surface area (Å²) in [7, 11) is 0. The van der Waals surface area contributed by atoms with E-state index in [9.17, 15) is 45.3 Å². The van der Waals surface area contributed by atoms with Gasteiger partial charge in [0.15, 0.2) is 18.4 Å². The number of hydrogen-bond donors (Lipinski definition) is 9. The van der Waals surface area contributed by atoms with E-state index in [0.29, 0.717) is 13.0 Å². The van der Waals surface area contributed by atoms with Crippen molar-refractivity contribution in [2.45, 2.75) is 133 Å². The van der Waals surface area contributed by atoms with Crippen molar-refractivity contribution in [3.63, 3.8) is 0 Å². The maximum atomic E-state index is 14.1.